The lowest BCUT2D eigenvalue weighted by molar-refractivity contribution is 0.205. The largest absolute Gasteiger partial charge is 0.343 e. The van der Waals surface area contributed by atoms with Gasteiger partial charge in [-0.1, -0.05) is 84.4 Å². The third-order valence-electron chi connectivity index (χ3n) is 7.69. The van der Waals surface area contributed by atoms with E-state index < -0.39 is 0 Å². The van der Waals surface area contributed by atoms with E-state index in [4.69, 9.17) is 11.6 Å². The molecule has 1 aliphatic rings. The molecular weight excluding hydrogens is 448 g/mol. The Balaban J connectivity index is 1.23. The van der Waals surface area contributed by atoms with E-state index in [-0.39, 0.29) is 0 Å². The summed E-state index contributed by atoms with van der Waals surface area (Å²) < 4.78 is 2.39. The van der Waals surface area contributed by atoms with Crippen LogP contribution in [-0.4, -0.2) is 22.6 Å². The Hall–Kier alpha value is -3.07. The minimum atomic E-state index is 0.584. The van der Waals surface area contributed by atoms with Crippen LogP contribution in [0.15, 0.2) is 91.1 Å². The van der Waals surface area contributed by atoms with Gasteiger partial charge in [0.15, 0.2) is 0 Å². The summed E-state index contributed by atoms with van der Waals surface area (Å²) >= 11 is 6.42. The molecule has 0 amide bonds. The highest BCUT2D eigenvalue weighted by Gasteiger charge is 2.24. The highest BCUT2D eigenvalue weighted by atomic mass is 35.5. The number of fused-ring (bicyclic) bond motifs is 2. The molecule has 35 heavy (non-hydrogen) atoms. The fourth-order valence-electron chi connectivity index (χ4n) is 5.92. The zero-order valence-electron chi connectivity index (χ0n) is 20.3. The van der Waals surface area contributed by atoms with Crippen molar-refractivity contribution in [3.05, 3.63) is 118 Å². The number of hydrogen-bond acceptors (Lipinski definition) is 1. The molecule has 1 fully saturated rings. The van der Waals surface area contributed by atoms with Crippen LogP contribution in [0.4, 0.5) is 0 Å². The van der Waals surface area contributed by atoms with Crippen molar-refractivity contribution in [1.82, 2.24) is 9.47 Å². The molecule has 176 valence electrons. The van der Waals surface area contributed by atoms with Crippen molar-refractivity contribution < 1.29 is 0 Å². The lowest BCUT2D eigenvalue weighted by Crippen LogP contribution is -2.32. The molecule has 0 unspecified atom stereocenters. The van der Waals surface area contributed by atoms with Gasteiger partial charge >= 0.3 is 0 Å². The van der Waals surface area contributed by atoms with Crippen molar-refractivity contribution in [3.8, 4) is 0 Å². The van der Waals surface area contributed by atoms with Crippen LogP contribution < -0.4 is 0 Å². The van der Waals surface area contributed by atoms with Gasteiger partial charge in [0, 0.05) is 29.7 Å². The normalized spacial score (nSPS) is 15.3. The number of aryl methyl sites for hydroxylation is 1. The molecule has 6 rings (SSSR count). The molecule has 0 radical (unpaired) electrons. The molecule has 0 spiro atoms. The van der Waals surface area contributed by atoms with Gasteiger partial charge in [0.25, 0.3) is 0 Å². The summed E-state index contributed by atoms with van der Waals surface area (Å²) in [5, 5.41) is 4.94. The topological polar surface area (TPSA) is 8.17 Å². The van der Waals surface area contributed by atoms with Crippen LogP contribution in [0.2, 0.25) is 5.02 Å². The molecule has 0 N–H and O–H groups in total. The molecule has 0 saturated carbocycles. The van der Waals surface area contributed by atoms with Gasteiger partial charge in [0.2, 0.25) is 0 Å². The predicted octanol–water partition coefficient (Wildman–Crippen LogP) is 8.18. The molecule has 0 bridgehead atoms. The standard InChI is InChI=1S/C32H31ClN2/c1-23-7-5-10-26-11-6-12-27(32(23)26)21-34-17-15-25(16-18-34)30-22-35(20-24-8-3-2-4-9-24)31-19-28(33)13-14-29(30)31/h2-14,19,22,25H,15-18,20-21H2,1H3. The molecule has 2 heterocycles. The number of halogens is 1. The van der Waals surface area contributed by atoms with Gasteiger partial charge in [-0.15, -0.1) is 0 Å². The summed E-state index contributed by atoms with van der Waals surface area (Å²) in [5.41, 5.74) is 6.86. The molecule has 0 atom stereocenters. The zero-order valence-corrected chi connectivity index (χ0v) is 21.0. The summed E-state index contributed by atoms with van der Waals surface area (Å²) in [6.45, 7) is 6.39. The minimum absolute atomic E-state index is 0.584. The van der Waals surface area contributed by atoms with E-state index in [0.717, 1.165) is 31.2 Å². The third kappa shape index (κ3) is 4.49. The van der Waals surface area contributed by atoms with Gasteiger partial charge in [0.05, 0.1) is 5.52 Å². The van der Waals surface area contributed by atoms with E-state index in [1.54, 1.807) is 0 Å². The van der Waals surface area contributed by atoms with Gasteiger partial charge in [-0.05, 0) is 83.9 Å². The quantitative estimate of drug-likeness (QED) is 0.247. The van der Waals surface area contributed by atoms with Crippen molar-refractivity contribution in [3.63, 3.8) is 0 Å². The Labute approximate surface area is 212 Å². The molecule has 1 aliphatic heterocycles. The van der Waals surface area contributed by atoms with Crippen LogP contribution in [0.5, 0.6) is 0 Å². The Bertz CT molecular complexity index is 1470. The van der Waals surface area contributed by atoms with E-state index in [1.807, 2.05) is 6.07 Å². The van der Waals surface area contributed by atoms with Crippen LogP contribution >= 0.6 is 11.6 Å². The number of likely N-dealkylation sites (tertiary alicyclic amines) is 1. The Morgan fingerprint density at radius 2 is 1.60 bits per heavy atom. The average Bonchev–Trinajstić information content (AvgIpc) is 3.22. The highest BCUT2D eigenvalue weighted by Crippen LogP contribution is 2.36. The minimum Gasteiger partial charge on any atom is -0.343 e. The number of benzene rings is 4. The summed E-state index contributed by atoms with van der Waals surface area (Å²) in [5.74, 6) is 0.584. The van der Waals surface area contributed by atoms with Gasteiger partial charge in [0.1, 0.15) is 0 Å². The number of hydrogen-bond donors (Lipinski definition) is 0. The molecule has 5 aromatic rings. The number of nitrogens with zero attached hydrogens (tertiary/aromatic N) is 2. The second-order valence-corrected chi connectivity index (χ2v) is 10.4. The molecule has 2 nitrogen and oxygen atoms in total. The third-order valence-corrected chi connectivity index (χ3v) is 7.93. The summed E-state index contributed by atoms with van der Waals surface area (Å²) in [6.07, 6.45) is 4.77. The van der Waals surface area contributed by atoms with Crippen LogP contribution in [0.1, 0.15) is 41.0 Å². The highest BCUT2D eigenvalue weighted by molar-refractivity contribution is 6.31. The van der Waals surface area contributed by atoms with Gasteiger partial charge in [-0.25, -0.2) is 0 Å². The maximum atomic E-state index is 6.42. The first-order valence-corrected chi connectivity index (χ1v) is 13.1. The maximum absolute atomic E-state index is 6.42. The summed E-state index contributed by atoms with van der Waals surface area (Å²) in [4.78, 5) is 2.64. The van der Waals surface area contributed by atoms with E-state index in [2.05, 4.69) is 101 Å². The Morgan fingerprint density at radius 1 is 0.829 bits per heavy atom. The van der Waals surface area contributed by atoms with Crippen molar-refractivity contribution in [2.75, 3.05) is 13.1 Å². The number of rotatable bonds is 5. The summed E-state index contributed by atoms with van der Waals surface area (Å²) in [6, 6.07) is 30.5. The fraction of sp³-hybridized carbons (Fsp3) is 0.250. The van der Waals surface area contributed by atoms with E-state index >= 15 is 0 Å². The number of aromatic nitrogens is 1. The average molecular weight is 479 g/mol. The van der Waals surface area contributed by atoms with E-state index in [0.29, 0.717) is 5.92 Å². The first kappa shape index (κ1) is 22.4. The van der Waals surface area contributed by atoms with Crippen LogP contribution in [0.25, 0.3) is 21.7 Å². The van der Waals surface area contributed by atoms with Crippen molar-refractivity contribution in [2.45, 2.75) is 38.8 Å². The molecule has 4 aromatic carbocycles. The smallest absolute Gasteiger partial charge is 0.0501 e. The monoisotopic (exact) mass is 478 g/mol. The second-order valence-electron chi connectivity index (χ2n) is 10.00. The molecular formula is C32H31ClN2. The molecule has 1 aromatic heterocycles. The van der Waals surface area contributed by atoms with Crippen molar-refractivity contribution in [1.29, 1.82) is 0 Å². The number of piperidine rings is 1. The first-order chi connectivity index (χ1) is 17.2. The lowest BCUT2D eigenvalue weighted by atomic mass is 9.89. The van der Waals surface area contributed by atoms with Gasteiger partial charge < -0.3 is 4.57 Å². The lowest BCUT2D eigenvalue weighted by Gasteiger charge is -2.32. The van der Waals surface area contributed by atoms with E-state index in [9.17, 15) is 0 Å². The van der Waals surface area contributed by atoms with Crippen LogP contribution in [0.3, 0.4) is 0 Å². The maximum Gasteiger partial charge on any atom is 0.0501 e. The Morgan fingerprint density at radius 3 is 2.40 bits per heavy atom. The van der Waals surface area contributed by atoms with Crippen LogP contribution in [-0.2, 0) is 13.1 Å². The molecule has 1 saturated heterocycles. The SMILES string of the molecule is Cc1cccc2cccc(CN3CCC(c4cn(Cc5ccccc5)c5cc(Cl)ccc45)CC3)c12. The van der Waals surface area contributed by atoms with Gasteiger partial charge in [-0.2, -0.15) is 0 Å². The predicted molar refractivity (Wildman–Crippen MR) is 148 cm³/mol. The van der Waals surface area contributed by atoms with Gasteiger partial charge in [-0.3, -0.25) is 4.90 Å². The van der Waals surface area contributed by atoms with E-state index in [1.165, 1.54) is 56.8 Å². The van der Waals surface area contributed by atoms with Crippen molar-refractivity contribution >= 4 is 33.3 Å². The summed E-state index contributed by atoms with van der Waals surface area (Å²) in [7, 11) is 0. The fourth-order valence-corrected chi connectivity index (χ4v) is 6.09. The molecule has 3 heteroatoms. The zero-order chi connectivity index (χ0) is 23.8. The second kappa shape index (κ2) is 9.53. The Kier molecular flexibility index (Phi) is 6.10. The van der Waals surface area contributed by atoms with Crippen molar-refractivity contribution in [2.24, 2.45) is 0 Å². The van der Waals surface area contributed by atoms with Crippen LogP contribution in [0, 0.1) is 6.92 Å². The molecule has 0 aliphatic carbocycles. The first-order valence-electron chi connectivity index (χ1n) is 12.7.